The lowest BCUT2D eigenvalue weighted by Crippen LogP contribution is -2.55. The summed E-state index contributed by atoms with van der Waals surface area (Å²) >= 11 is 0. The van der Waals surface area contributed by atoms with E-state index in [1.165, 1.54) is 0 Å². The lowest BCUT2D eigenvalue weighted by molar-refractivity contribution is -0.140. The molecule has 8 heteroatoms. The van der Waals surface area contributed by atoms with E-state index >= 15 is 0 Å². The first-order chi connectivity index (χ1) is 21.0. The summed E-state index contributed by atoms with van der Waals surface area (Å²) in [5.74, 6) is -2.21. The number of fused-ring (bicyclic) bond motifs is 3. The summed E-state index contributed by atoms with van der Waals surface area (Å²) in [5.41, 5.74) is 0.239. The van der Waals surface area contributed by atoms with Gasteiger partial charge in [0.2, 0.25) is 11.8 Å². The van der Waals surface area contributed by atoms with Crippen LogP contribution in [-0.2, 0) is 19.1 Å². The number of amides is 3. The molecule has 3 aromatic carbocycles. The average molecular weight is 578 g/mol. The Morgan fingerprint density at radius 2 is 1.51 bits per heavy atom. The van der Waals surface area contributed by atoms with Crippen molar-refractivity contribution in [3.05, 3.63) is 97.1 Å². The van der Waals surface area contributed by atoms with E-state index in [2.05, 4.69) is 0 Å². The number of hydrogen-bond acceptors (Lipinski definition) is 5. The van der Waals surface area contributed by atoms with Crippen LogP contribution in [0.1, 0.15) is 19.3 Å². The average Bonchev–Trinajstić information content (AvgIpc) is 3.34. The summed E-state index contributed by atoms with van der Waals surface area (Å²) in [6.45, 7) is 1.13. The molecule has 4 aliphatic heterocycles. The van der Waals surface area contributed by atoms with Crippen molar-refractivity contribution in [3.63, 3.8) is 0 Å². The van der Waals surface area contributed by atoms with Gasteiger partial charge in [-0.25, -0.2) is 0 Å². The van der Waals surface area contributed by atoms with Gasteiger partial charge >= 0.3 is 0 Å². The van der Waals surface area contributed by atoms with Gasteiger partial charge in [-0.2, -0.15) is 0 Å². The summed E-state index contributed by atoms with van der Waals surface area (Å²) in [4.78, 5) is 48.4. The van der Waals surface area contributed by atoms with Crippen LogP contribution < -0.4 is 9.80 Å². The molecule has 3 amide bonds. The van der Waals surface area contributed by atoms with Gasteiger partial charge in [0.25, 0.3) is 5.91 Å². The molecule has 3 aromatic rings. The number of hydrogen-bond donors (Lipinski definition) is 1. The van der Waals surface area contributed by atoms with Crippen molar-refractivity contribution < 1.29 is 24.2 Å². The molecule has 1 N–H and O–H groups in total. The minimum atomic E-state index is -1.27. The Morgan fingerprint density at radius 1 is 0.767 bits per heavy atom. The van der Waals surface area contributed by atoms with Crippen LogP contribution in [-0.4, -0.2) is 71.7 Å². The van der Waals surface area contributed by atoms with E-state index in [0.29, 0.717) is 32.5 Å². The summed E-state index contributed by atoms with van der Waals surface area (Å²) in [5, 5.41) is 11.4. The fourth-order valence-electron chi connectivity index (χ4n) is 7.36. The van der Waals surface area contributed by atoms with Crippen LogP contribution in [0.25, 0.3) is 10.8 Å². The number of benzene rings is 3. The maximum absolute atomic E-state index is 14.6. The Bertz CT molecular complexity index is 1620. The van der Waals surface area contributed by atoms with Gasteiger partial charge in [-0.15, -0.1) is 0 Å². The lowest BCUT2D eigenvalue weighted by atomic mass is 9.77. The zero-order valence-corrected chi connectivity index (χ0v) is 23.9. The molecule has 2 fully saturated rings. The van der Waals surface area contributed by atoms with Crippen LogP contribution in [0.2, 0.25) is 0 Å². The maximum Gasteiger partial charge on any atom is 0.253 e. The van der Waals surface area contributed by atoms with Gasteiger partial charge in [-0.05, 0) is 54.3 Å². The molecule has 0 saturated carbocycles. The first-order valence-electron chi connectivity index (χ1n) is 15.1. The summed E-state index contributed by atoms with van der Waals surface area (Å²) in [6.07, 6.45) is 8.96. The van der Waals surface area contributed by atoms with E-state index < -0.39 is 29.6 Å². The number of para-hydroxylation sites is 1. The summed E-state index contributed by atoms with van der Waals surface area (Å²) < 4.78 is 6.78. The fourth-order valence-corrected chi connectivity index (χ4v) is 7.36. The Kier molecular flexibility index (Phi) is 7.11. The van der Waals surface area contributed by atoms with Crippen molar-refractivity contribution in [3.8, 4) is 0 Å². The number of carbonyl (C=O) groups excluding carboxylic acids is 3. The van der Waals surface area contributed by atoms with Crippen molar-refractivity contribution >= 4 is 39.9 Å². The molecule has 0 bridgehead atoms. The smallest absolute Gasteiger partial charge is 0.253 e. The molecule has 0 aliphatic carbocycles. The zero-order valence-electron chi connectivity index (χ0n) is 23.9. The molecule has 4 aliphatic rings. The second-order valence-corrected chi connectivity index (χ2v) is 11.8. The topological polar surface area (TPSA) is 90.4 Å². The molecule has 220 valence electrons. The Balaban J connectivity index is 1.29. The third-order valence-electron chi connectivity index (χ3n) is 9.33. The van der Waals surface area contributed by atoms with Gasteiger partial charge in [-0.3, -0.25) is 14.4 Å². The summed E-state index contributed by atoms with van der Waals surface area (Å²) in [6, 6.07) is 22.5. The molecule has 1 spiro atoms. The van der Waals surface area contributed by atoms with E-state index in [1.807, 2.05) is 97.1 Å². The number of carbonyl (C=O) groups is 3. The number of anilines is 2. The molecule has 1 unspecified atom stereocenters. The number of aliphatic hydroxyl groups excluding tert-OH is 1. The summed E-state index contributed by atoms with van der Waals surface area (Å²) in [7, 11) is 0. The molecule has 8 nitrogen and oxygen atoms in total. The predicted molar refractivity (Wildman–Crippen MR) is 164 cm³/mol. The van der Waals surface area contributed by atoms with Crippen LogP contribution in [0.15, 0.2) is 97.1 Å². The standard InChI is InChI=1S/C35H35N3O5/c39-22-8-2-7-19-38-31-34(42)37(27-17-16-24-11-5-6-12-25(24)23-27)21-10-18-35(31)30(33(38)41)29-28(43-35)15-9-20-36(32(29)40)26-13-3-1-4-14-26/h1,3-6,9-18,23,28-31,39H,2,7-8,19-22H2/t28-,29+,30+,31?,35+/m1/s1. The van der Waals surface area contributed by atoms with Gasteiger partial charge in [-0.1, -0.05) is 72.8 Å². The van der Waals surface area contributed by atoms with E-state index in [4.69, 9.17) is 4.74 Å². The Hall–Kier alpha value is -4.27. The molecular formula is C35H35N3O5. The van der Waals surface area contributed by atoms with Crippen LogP contribution in [0.3, 0.4) is 0 Å². The van der Waals surface area contributed by atoms with Crippen molar-refractivity contribution in [2.24, 2.45) is 11.8 Å². The number of rotatable bonds is 7. The number of likely N-dealkylation sites (tertiary alicyclic amines) is 1. The van der Waals surface area contributed by atoms with E-state index in [9.17, 15) is 19.5 Å². The van der Waals surface area contributed by atoms with Crippen molar-refractivity contribution in [1.29, 1.82) is 0 Å². The third-order valence-corrected chi connectivity index (χ3v) is 9.33. The number of nitrogens with zero attached hydrogens (tertiary/aromatic N) is 3. The molecule has 7 rings (SSSR count). The number of ether oxygens (including phenoxy) is 1. The number of unbranched alkanes of at least 4 members (excludes halogenated alkanes) is 2. The molecule has 0 radical (unpaired) electrons. The highest BCUT2D eigenvalue weighted by Gasteiger charge is 2.71. The number of aliphatic hydroxyl groups is 1. The van der Waals surface area contributed by atoms with Crippen LogP contribution >= 0.6 is 0 Å². The highest BCUT2D eigenvalue weighted by atomic mass is 16.5. The normalized spacial score (nSPS) is 28.2. The van der Waals surface area contributed by atoms with Gasteiger partial charge in [0.05, 0.1) is 17.9 Å². The van der Waals surface area contributed by atoms with E-state index in [-0.39, 0.29) is 24.3 Å². The lowest BCUT2D eigenvalue weighted by Gasteiger charge is -2.35. The second kappa shape index (κ2) is 11.1. The van der Waals surface area contributed by atoms with Gasteiger partial charge in [0, 0.05) is 37.6 Å². The first kappa shape index (κ1) is 27.6. The molecule has 0 aromatic heterocycles. The molecule has 4 heterocycles. The van der Waals surface area contributed by atoms with Crippen LogP contribution in [0, 0.1) is 11.8 Å². The highest BCUT2D eigenvalue weighted by Crippen LogP contribution is 2.54. The van der Waals surface area contributed by atoms with Crippen LogP contribution in [0.4, 0.5) is 11.4 Å². The minimum absolute atomic E-state index is 0.0738. The largest absolute Gasteiger partial charge is 0.396 e. The molecule has 2 saturated heterocycles. The van der Waals surface area contributed by atoms with Crippen molar-refractivity contribution in [2.45, 2.75) is 37.0 Å². The van der Waals surface area contributed by atoms with Gasteiger partial charge in [0.15, 0.2) is 0 Å². The first-order valence-corrected chi connectivity index (χ1v) is 15.1. The predicted octanol–water partition coefficient (Wildman–Crippen LogP) is 4.09. The molecule has 5 atom stereocenters. The Morgan fingerprint density at radius 3 is 2.33 bits per heavy atom. The monoisotopic (exact) mass is 577 g/mol. The SMILES string of the molecule is O=C1C2N(CCCCCO)C(=O)[C@@H]3[C@H]4C(=O)N(c5ccccc5)CC=C[C@H]4O[C@]23C=CCN1c1ccc2ccccc2c1. The van der Waals surface area contributed by atoms with Gasteiger partial charge in [0.1, 0.15) is 11.6 Å². The second-order valence-electron chi connectivity index (χ2n) is 11.8. The van der Waals surface area contributed by atoms with Crippen molar-refractivity contribution in [1.82, 2.24) is 4.90 Å². The van der Waals surface area contributed by atoms with E-state index in [1.54, 1.807) is 14.7 Å². The molecular weight excluding hydrogens is 542 g/mol. The van der Waals surface area contributed by atoms with Gasteiger partial charge < -0.3 is 24.5 Å². The maximum atomic E-state index is 14.6. The quantitative estimate of drug-likeness (QED) is 0.338. The minimum Gasteiger partial charge on any atom is -0.396 e. The fraction of sp³-hybridized carbons (Fsp3) is 0.343. The Labute approximate surface area is 250 Å². The molecule has 43 heavy (non-hydrogen) atoms. The third kappa shape index (κ3) is 4.48. The van der Waals surface area contributed by atoms with Crippen LogP contribution in [0.5, 0.6) is 0 Å². The highest BCUT2D eigenvalue weighted by molar-refractivity contribution is 6.08. The zero-order chi connectivity index (χ0) is 29.6. The van der Waals surface area contributed by atoms with E-state index in [0.717, 1.165) is 28.6 Å². The van der Waals surface area contributed by atoms with Crippen molar-refractivity contribution in [2.75, 3.05) is 36.0 Å².